The number of benzene rings is 1. The van der Waals surface area contributed by atoms with Gasteiger partial charge in [-0.05, 0) is 30.5 Å². The maximum atomic E-state index is 12.7. The summed E-state index contributed by atoms with van der Waals surface area (Å²) in [6, 6.07) is 7.04. The van der Waals surface area contributed by atoms with Crippen molar-refractivity contribution in [3.63, 3.8) is 0 Å². The number of carbonyl (C=O) groups is 1. The van der Waals surface area contributed by atoms with Gasteiger partial charge in [0, 0.05) is 38.9 Å². The molecule has 0 spiro atoms. The summed E-state index contributed by atoms with van der Waals surface area (Å²) in [6.07, 6.45) is 0.352. The molecule has 2 N–H and O–H groups in total. The number of rotatable bonds is 4. The van der Waals surface area contributed by atoms with Gasteiger partial charge in [0.25, 0.3) is 0 Å². The quantitative estimate of drug-likeness (QED) is 0.557. The van der Waals surface area contributed by atoms with Crippen LogP contribution in [0, 0.1) is 5.92 Å². The first-order valence-corrected chi connectivity index (χ1v) is 10.7. The van der Waals surface area contributed by atoms with E-state index in [1.165, 1.54) is 4.88 Å². The molecule has 0 radical (unpaired) electrons. The third-order valence-corrected chi connectivity index (χ3v) is 6.21. The molecule has 2 unspecified atom stereocenters. The Kier molecular flexibility index (Phi) is 9.12. The van der Waals surface area contributed by atoms with Crippen LogP contribution < -0.4 is 4.74 Å². The van der Waals surface area contributed by atoms with Gasteiger partial charge in [0.15, 0.2) is 0 Å². The fourth-order valence-corrected chi connectivity index (χ4v) is 4.38. The maximum absolute atomic E-state index is 12.7. The van der Waals surface area contributed by atoms with Crippen LogP contribution in [-0.2, 0) is 32.3 Å². The molecule has 1 saturated carbocycles. The van der Waals surface area contributed by atoms with Crippen molar-refractivity contribution in [2.24, 2.45) is 5.92 Å². The number of amides is 1. The standard InChI is InChI=1S/C17H20N2O3S.C4H6F2N.W/c1-11(9-20)17(21)19-7-6-14-15(18-10-23-14)16(19)12-4-3-5-13(8-12)22-2;5-4(6)1-3(7)2-4;/h3-5,8,10-11,16,20H,6-7,9H2,1-2H3;3,7H,1-2H2;/q;-1;. The number of ether oxygens (including phenoxy) is 1. The van der Waals surface area contributed by atoms with Crippen LogP contribution in [0.25, 0.3) is 5.73 Å². The minimum Gasteiger partial charge on any atom is -0.674 e. The van der Waals surface area contributed by atoms with Crippen LogP contribution in [-0.4, -0.2) is 53.1 Å². The molecule has 1 aromatic carbocycles. The minimum atomic E-state index is -2.49. The van der Waals surface area contributed by atoms with Gasteiger partial charge >= 0.3 is 0 Å². The number of fused-ring (bicyclic) bond motifs is 1. The summed E-state index contributed by atoms with van der Waals surface area (Å²) in [5.41, 5.74) is 10.4. The van der Waals surface area contributed by atoms with Crippen molar-refractivity contribution in [3.8, 4) is 5.75 Å². The molecular formula is C21H26F2N3O3SW-. The third-order valence-electron chi connectivity index (χ3n) is 5.30. The number of aliphatic hydroxyl groups excluding tert-OH is 1. The average molecular weight is 622 g/mol. The zero-order chi connectivity index (χ0) is 21.9. The second kappa shape index (κ2) is 10.9. The van der Waals surface area contributed by atoms with Crippen molar-refractivity contribution in [1.82, 2.24) is 9.88 Å². The second-order valence-corrected chi connectivity index (χ2v) is 8.61. The van der Waals surface area contributed by atoms with Gasteiger partial charge in [-0.1, -0.05) is 19.1 Å². The number of aromatic nitrogens is 1. The fraction of sp³-hybridized carbons (Fsp3) is 0.524. The van der Waals surface area contributed by atoms with Crippen LogP contribution in [0.15, 0.2) is 29.8 Å². The molecule has 10 heteroatoms. The number of hydrogen-bond donors (Lipinski definition) is 1. The topological polar surface area (TPSA) is 86.5 Å². The van der Waals surface area contributed by atoms with Crippen molar-refractivity contribution in [3.05, 3.63) is 51.6 Å². The van der Waals surface area contributed by atoms with E-state index in [-0.39, 0.29) is 52.5 Å². The predicted molar refractivity (Wildman–Crippen MR) is 111 cm³/mol. The Hall–Kier alpha value is -1.41. The third kappa shape index (κ3) is 6.09. The molecule has 1 aliphatic heterocycles. The molecule has 1 amide bonds. The normalized spacial score (nSPS) is 20.3. The number of aliphatic hydroxyl groups is 1. The zero-order valence-electron chi connectivity index (χ0n) is 17.4. The van der Waals surface area contributed by atoms with Crippen LogP contribution in [0.1, 0.15) is 41.9 Å². The molecule has 2 heterocycles. The maximum Gasteiger partial charge on any atom is 0.245 e. The van der Waals surface area contributed by atoms with E-state index in [1.807, 2.05) is 34.7 Å². The van der Waals surface area contributed by atoms with E-state index in [2.05, 4.69) is 4.98 Å². The van der Waals surface area contributed by atoms with Gasteiger partial charge in [-0.2, -0.15) is 0 Å². The Morgan fingerprint density at radius 2 is 2.16 bits per heavy atom. The number of hydrogen-bond acceptors (Lipinski definition) is 5. The van der Waals surface area contributed by atoms with Crippen molar-refractivity contribution in [1.29, 1.82) is 0 Å². The van der Waals surface area contributed by atoms with Gasteiger partial charge in [-0.15, -0.1) is 17.4 Å². The molecular weight excluding hydrogens is 596 g/mol. The molecule has 2 aliphatic rings. The van der Waals surface area contributed by atoms with Crippen molar-refractivity contribution < 1.29 is 44.5 Å². The van der Waals surface area contributed by atoms with Gasteiger partial charge in [-0.25, -0.2) is 13.8 Å². The Morgan fingerprint density at radius 1 is 1.45 bits per heavy atom. The Bertz CT molecular complexity index is 875. The first kappa shape index (κ1) is 25.8. The summed E-state index contributed by atoms with van der Waals surface area (Å²) in [7, 11) is 1.63. The molecule has 31 heavy (non-hydrogen) atoms. The van der Waals surface area contributed by atoms with Crippen molar-refractivity contribution in [2.45, 2.75) is 44.2 Å². The number of methoxy groups -OCH3 is 1. The molecule has 2 aromatic rings. The largest absolute Gasteiger partial charge is 0.674 e. The van der Waals surface area contributed by atoms with Gasteiger partial charge in [0.1, 0.15) is 11.8 Å². The van der Waals surface area contributed by atoms with Gasteiger partial charge in [0.2, 0.25) is 11.8 Å². The summed E-state index contributed by atoms with van der Waals surface area (Å²) < 4.78 is 28.7. The van der Waals surface area contributed by atoms with E-state index < -0.39 is 17.9 Å². The van der Waals surface area contributed by atoms with E-state index in [1.54, 1.807) is 25.4 Å². The van der Waals surface area contributed by atoms with Crippen LogP contribution in [0.3, 0.4) is 0 Å². The number of carbonyl (C=O) groups excluding carboxylic acids is 1. The van der Waals surface area contributed by atoms with Crippen LogP contribution >= 0.6 is 11.3 Å². The smallest absolute Gasteiger partial charge is 0.245 e. The number of thiazole rings is 1. The van der Waals surface area contributed by atoms with Crippen molar-refractivity contribution in [2.75, 3.05) is 20.3 Å². The van der Waals surface area contributed by atoms with E-state index in [4.69, 9.17) is 10.5 Å². The summed E-state index contributed by atoms with van der Waals surface area (Å²) >= 11 is 1.63. The van der Waals surface area contributed by atoms with Gasteiger partial charge < -0.3 is 20.5 Å². The SMILES string of the molecule is COc1cccc(C2c3ncsc3CCN2C(=O)C(C)CO)c1.[NH-]C1CC(F)(F)C1.[W]. The Labute approximate surface area is 199 Å². The summed E-state index contributed by atoms with van der Waals surface area (Å²) in [4.78, 5) is 20.3. The monoisotopic (exact) mass is 622 g/mol. The van der Waals surface area contributed by atoms with Gasteiger partial charge in [-0.3, -0.25) is 4.79 Å². The van der Waals surface area contributed by atoms with Crippen LogP contribution in [0.4, 0.5) is 8.78 Å². The molecule has 170 valence electrons. The summed E-state index contributed by atoms with van der Waals surface area (Å²) in [6.45, 7) is 2.24. The number of nitrogens with zero attached hydrogens (tertiary/aromatic N) is 2. The first-order valence-electron chi connectivity index (χ1n) is 9.82. The number of halogens is 2. The van der Waals surface area contributed by atoms with Crippen molar-refractivity contribution >= 4 is 17.2 Å². The molecule has 2 atom stereocenters. The molecule has 1 fully saturated rings. The summed E-state index contributed by atoms with van der Waals surface area (Å²) in [5, 5.41) is 9.35. The number of alkyl halides is 2. The van der Waals surface area contributed by atoms with E-state index in [9.17, 15) is 18.7 Å². The number of nitrogens with one attached hydrogen (secondary N) is 1. The molecule has 4 rings (SSSR count). The van der Waals surface area contributed by atoms with E-state index in [0.717, 1.165) is 23.4 Å². The van der Waals surface area contributed by atoms with E-state index in [0.29, 0.717) is 6.54 Å². The summed E-state index contributed by atoms with van der Waals surface area (Å²) in [5.74, 6) is -2.19. The zero-order valence-corrected chi connectivity index (χ0v) is 21.1. The second-order valence-electron chi connectivity index (χ2n) is 7.67. The minimum absolute atomic E-state index is 0. The molecule has 6 nitrogen and oxygen atoms in total. The Morgan fingerprint density at radius 3 is 2.71 bits per heavy atom. The van der Waals surface area contributed by atoms with Crippen LogP contribution in [0.2, 0.25) is 0 Å². The van der Waals surface area contributed by atoms with E-state index >= 15 is 0 Å². The molecule has 1 aromatic heterocycles. The first-order chi connectivity index (χ1) is 14.3. The molecule has 1 aliphatic carbocycles. The fourth-order valence-electron chi connectivity index (χ4n) is 3.60. The predicted octanol–water partition coefficient (Wildman–Crippen LogP) is 4.09. The van der Waals surface area contributed by atoms with Gasteiger partial charge in [0.05, 0.1) is 30.8 Å². The average Bonchev–Trinajstić information content (AvgIpc) is 3.19. The molecule has 0 bridgehead atoms. The Balaban J connectivity index is 0.000000364. The molecule has 0 saturated heterocycles. The van der Waals surface area contributed by atoms with Crippen LogP contribution in [0.5, 0.6) is 5.75 Å².